The minimum Gasteiger partial charge on any atom is -0.355 e. The van der Waals surface area contributed by atoms with E-state index in [0.717, 1.165) is 11.4 Å². The van der Waals surface area contributed by atoms with Gasteiger partial charge in [-0.05, 0) is 13.8 Å². The van der Waals surface area contributed by atoms with Crippen LogP contribution >= 0.6 is 11.8 Å². The Morgan fingerprint density at radius 3 is 2.69 bits per heavy atom. The Morgan fingerprint density at radius 1 is 1.31 bits per heavy atom. The first-order valence-electron chi connectivity index (χ1n) is 8.36. The second kappa shape index (κ2) is 9.76. The number of hydrogen-bond donors (Lipinski definition) is 2. The fourth-order valence-electron chi connectivity index (χ4n) is 2.30. The summed E-state index contributed by atoms with van der Waals surface area (Å²) in [4.78, 5) is 23.8. The van der Waals surface area contributed by atoms with Gasteiger partial charge in [-0.1, -0.05) is 48.2 Å². The fraction of sp³-hybridized carbons (Fsp3) is 0.333. The lowest BCUT2D eigenvalue weighted by atomic mass is 10.2. The van der Waals surface area contributed by atoms with Crippen molar-refractivity contribution in [3.8, 4) is 11.4 Å². The molecule has 0 bridgehead atoms. The van der Waals surface area contributed by atoms with Crippen LogP contribution in [0.2, 0.25) is 0 Å². The zero-order chi connectivity index (χ0) is 18.9. The smallest absolute Gasteiger partial charge is 0.242 e. The van der Waals surface area contributed by atoms with Crippen molar-refractivity contribution in [2.45, 2.75) is 31.6 Å². The highest BCUT2D eigenvalue weighted by molar-refractivity contribution is 7.99. The number of carbonyl (C=O) groups is 2. The quantitative estimate of drug-likeness (QED) is 0.517. The molecule has 0 aliphatic rings. The molecule has 0 saturated carbocycles. The van der Waals surface area contributed by atoms with Gasteiger partial charge in [-0.3, -0.25) is 14.2 Å². The maximum absolute atomic E-state index is 12.1. The third kappa shape index (κ3) is 5.19. The second-order valence-electron chi connectivity index (χ2n) is 5.54. The van der Waals surface area contributed by atoms with Crippen LogP contribution in [0.5, 0.6) is 0 Å². The van der Waals surface area contributed by atoms with E-state index in [4.69, 9.17) is 0 Å². The summed E-state index contributed by atoms with van der Waals surface area (Å²) in [5.41, 5.74) is 0.947. The number of allylic oxidation sites excluding steroid dienone is 1. The number of likely N-dealkylation sites (N-methyl/N-ethyl adjacent to an activating group) is 1. The van der Waals surface area contributed by atoms with Gasteiger partial charge in [0.1, 0.15) is 6.04 Å². The average Bonchev–Trinajstić information content (AvgIpc) is 3.04. The molecule has 0 aliphatic heterocycles. The lowest BCUT2D eigenvalue weighted by Gasteiger charge is -2.13. The molecule has 8 heteroatoms. The van der Waals surface area contributed by atoms with Gasteiger partial charge in [0, 0.05) is 18.7 Å². The van der Waals surface area contributed by atoms with E-state index in [0.29, 0.717) is 18.2 Å². The van der Waals surface area contributed by atoms with Crippen molar-refractivity contribution in [3.05, 3.63) is 43.0 Å². The summed E-state index contributed by atoms with van der Waals surface area (Å²) in [6.07, 6.45) is 1.76. The van der Waals surface area contributed by atoms with E-state index >= 15 is 0 Å². The summed E-state index contributed by atoms with van der Waals surface area (Å²) in [6, 6.07) is 9.15. The molecule has 26 heavy (non-hydrogen) atoms. The van der Waals surface area contributed by atoms with Gasteiger partial charge >= 0.3 is 0 Å². The Bertz CT molecular complexity index is 760. The maximum Gasteiger partial charge on any atom is 0.242 e. The topological polar surface area (TPSA) is 88.9 Å². The highest BCUT2D eigenvalue weighted by Crippen LogP contribution is 2.23. The molecule has 0 spiro atoms. The molecular weight excluding hydrogens is 350 g/mol. The summed E-state index contributed by atoms with van der Waals surface area (Å²) in [6.45, 7) is 8.33. The molecule has 138 valence electrons. The van der Waals surface area contributed by atoms with Crippen LogP contribution in [0.1, 0.15) is 13.8 Å². The number of carbonyl (C=O) groups excluding carboxylic acids is 2. The van der Waals surface area contributed by atoms with E-state index in [1.54, 1.807) is 13.0 Å². The summed E-state index contributed by atoms with van der Waals surface area (Å²) in [7, 11) is 0. The molecule has 2 amide bonds. The number of hydrogen-bond acceptors (Lipinski definition) is 5. The molecule has 0 unspecified atom stereocenters. The summed E-state index contributed by atoms with van der Waals surface area (Å²) in [5, 5.41) is 14.4. The van der Waals surface area contributed by atoms with Crippen molar-refractivity contribution in [2.24, 2.45) is 0 Å². The van der Waals surface area contributed by atoms with Crippen molar-refractivity contribution < 1.29 is 9.59 Å². The van der Waals surface area contributed by atoms with E-state index < -0.39 is 6.04 Å². The van der Waals surface area contributed by atoms with Gasteiger partial charge in [0.05, 0.1) is 5.75 Å². The molecule has 7 nitrogen and oxygen atoms in total. The molecule has 0 fully saturated rings. The first-order chi connectivity index (χ1) is 12.6. The largest absolute Gasteiger partial charge is 0.355 e. The molecule has 1 aromatic carbocycles. The molecule has 2 N–H and O–H groups in total. The Morgan fingerprint density at radius 2 is 2.04 bits per heavy atom. The van der Waals surface area contributed by atoms with E-state index in [2.05, 4.69) is 27.4 Å². The van der Waals surface area contributed by atoms with E-state index in [1.807, 2.05) is 41.8 Å². The van der Waals surface area contributed by atoms with Crippen molar-refractivity contribution >= 4 is 23.6 Å². The zero-order valence-electron chi connectivity index (χ0n) is 14.9. The van der Waals surface area contributed by atoms with Crippen LogP contribution in [0, 0.1) is 0 Å². The summed E-state index contributed by atoms with van der Waals surface area (Å²) in [5.74, 6) is 0.438. The van der Waals surface area contributed by atoms with E-state index in [-0.39, 0.29) is 17.6 Å². The third-order valence-electron chi connectivity index (χ3n) is 3.51. The van der Waals surface area contributed by atoms with Crippen molar-refractivity contribution in [1.29, 1.82) is 0 Å². The van der Waals surface area contributed by atoms with Gasteiger partial charge in [-0.2, -0.15) is 0 Å². The molecule has 0 saturated heterocycles. The number of benzene rings is 1. The molecule has 0 radical (unpaired) electrons. The predicted octanol–water partition coefficient (Wildman–Crippen LogP) is 1.86. The molecular formula is C18H23N5O2S. The monoisotopic (exact) mass is 373 g/mol. The van der Waals surface area contributed by atoms with Crippen molar-refractivity contribution in [2.75, 3.05) is 12.3 Å². The summed E-state index contributed by atoms with van der Waals surface area (Å²) < 4.78 is 1.91. The third-order valence-corrected chi connectivity index (χ3v) is 4.48. The van der Waals surface area contributed by atoms with Gasteiger partial charge in [0.15, 0.2) is 11.0 Å². The second-order valence-corrected chi connectivity index (χ2v) is 6.49. The number of rotatable bonds is 9. The van der Waals surface area contributed by atoms with Crippen molar-refractivity contribution in [3.63, 3.8) is 0 Å². The van der Waals surface area contributed by atoms with Gasteiger partial charge < -0.3 is 10.6 Å². The minimum absolute atomic E-state index is 0.147. The number of nitrogens with zero attached hydrogens (tertiary/aromatic N) is 3. The standard InChI is InChI=1S/C18H23N5O2S/c1-4-11-23-16(14-9-7-6-8-10-14)21-22-18(23)26-12-15(24)20-13(3)17(25)19-5-2/h4,6-10,13H,1,5,11-12H2,2-3H3,(H,19,25)(H,20,24)/t13-/m1/s1. The molecule has 2 aromatic rings. The molecule has 1 atom stereocenters. The van der Waals surface area contributed by atoms with Crippen LogP contribution in [0.4, 0.5) is 0 Å². The van der Waals surface area contributed by atoms with Crippen LogP contribution in [0.3, 0.4) is 0 Å². The Hall–Kier alpha value is -2.61. The Balaban J connectivity index is 2.03. The van der Waals surface area contributed by atoms with Crippen LogP contribution in [-0.4, -0.2) is 44.9 Å². The SMILES string of the molecule is C=CCn1c(SCC(=O)N[C@H](C)C(=O)NCC)nnc1-c1ccccc1. The normalized spacial score (nSPS) is 11.6. The first kappa shape index (κ1) is 19.7. The van der Waals surface area contributed by atoms with Crippen LogP contribution in [0.25, 0.3) is 11.4 Å². The number of thioether (sulfide) groups is 1. The van der Waals surface area contributed by atoms with Crippen molar-refractivity contribution in [1.82, 2.24) is 25.4 Å². The lowest BCUT2D eigenvalue weighted by molar-refractivity contribution is -0.127. The van der Waals surface area contributed by atoms with Gasteiger partial charge in [0.2, 0.25) is 11.8 Å². The highest BCUT2D eigenvalue weighted by atomic mass is 32.2. The number of amides is 2. The maximum atomic E-state index is 12.1. The number of aromatic nitrogens is 3. The van der Waals surface area contributed by atoms with Crippen LogP contribution in [0.15, 0.2) is 48.1 Å². The molecule has 0 aliphatic carbocycles. The fourth-order valence-corrected chi connectivity index (χ4v) is 3.05. The van der Waals surface area contributed by atoms with Crippen LogP contribution < -0.4 is 10.6 Å². The first-order valence-corrected chi connectivity index (χ1v) is 9.34. The zero-order valence-corrected chi connectivity index (χ0v) is 15.8. The lowest BCUT2D eigenvalue weighted by Crippen LogP contribution is -2.45. The van der Waals surface area contributed by atoms with Crippen LogP contribution in [-0.2, 0) is 16.1 Å². The minimum atomic E-state index is -0.575. The van der Waals surface area contributed by atoms with Gasteiger partial charge in [0.25, 0.3) is 0 Å². The van der Waals surface area contributed by atoms with Gasteiger partial charge in [-0.25, -0.2) is 0 Å². The Kier molecular flexibility index (Phi) is 7.40. The highest BCUT2D eigenvalue weighted by Gasteiger charge is 2.17. The average molecular weight is 373 g/mol. The molecule has 1 aromatic heterocycles. The molecule has 2 rings (SSSR count). The Labute approximate surface area is 157 Å². The summed E-state index contributed by atoms with van der Waals surface area (Å²) >= 11 is 1.28. The number of nitrogens with one attached hydrogen (secondary N) is 2. The van der Waals surface area contributed by atoms with E-state index in [1.165, 1.54) is 11.8 Å². The predicted molar refractivity (Wildman–Crippen MR) is 103 cm³/mol. The van der Waals surface area contributed by atoms with Gasteiger partial charge in [-0.15, -0.1) is 16.8 Å². The molecule has 1 heterocycles. The van der Waals surface area contributed by atoms with E-state index in [9.17, 15) is 9.59 Å².